The van der Waals surface area contributed by atoms with Gasteiger partial charge in [-0.05, 0) is 41.9 Å². The Bertz CT molecular complexity index is 1430. The number of nitrogen functional groups attached to an aromatic ring is 1. The Hall–Kier alpha value is -4.74. The number of amides is 2. The first kappa shape index (κ1) is 34.7. The summed E-state index contributed by atoms with van der Waals surface area (Å²) in [4.78, 5) is 36.1. The fourth-order valence-corrected chi connectivity index (χ4v) is 5.17. The lowest BCUT2D eigenvalue weighted by molar-refractivity contribution is -0.671. The highest BCUT2D eigenvalue weighted by atomic mass is 19.4. The first-order valence-electron chi connectivity index (χ1n) is 14.6. The van der Waals surface area contributed by atoms with E-state index < -0.39 is 24.1 Å². The van der Waals surface area contributed by atoms with E-state index in [1.807, 2.05) is 78.6 Å². The van der Waals surface area contributed by atoms with E-state index >= 15 is 0 Å². The van der Waals surface area contributed by atoms with Crippen LogP contribution in [0.1, 0.15) is 60.3 Å². The lowest BCUT2D eigenvalue weighted by Gasteiger charge is -2.31. The van der Waals surface area contributed by atoms with Gasteiger partial charge in [-0.15, -0.1) is 0 Å². The predicted octanol–water partition coefficient (Wildman–Crippen LogP) is 2.80. The number of hydrogen-bond donors (Lipinski definition) is 4. The van der Waals surface area contributed by atoms with Gasteiger partial charge in [-0.3, -0.25) is 15.0 Å². The number of aliphatic carboxylic acids is 1. The highest BCUT2D eigenvalue weighted by Crippen LogP contribution is 2.28. The van der Waals surface area contributed by atoms with Crippen molar-refractivity contribution in [2.45, 2.75) is 63.2 Å². The van der Waals surface area contributed by atoms with Crippen LogP contribution >= 0.6 is 0 Å². The Morgan fingerprint density at radius 2 is 1.51 bits per heavy atom. The van der Waals surface area contributed by atoms with Crippen LogP contribution in [0.25, 0.3) is 0 Å². The minimum atomic E-state index is -5.19. The van der Waals surface area contributed by atoms with Crippen LogP contribution in [0.15, 0.2) is 79.1 Å². The van der Waals surface area contributed by atoms with Crippen molar-refractivity contribution in [2.24, 2.45) is 18.7 Å². The number of pyridine rings is 1. The molecule has 1 aliphatic carbocycles. The van der Waals surface area contributed by atoms with Crippen molar-refractivity contribution in [3.63, 3.8) is 0 Å². The molecule has 1 unspecified atom stereocenters. The summed E-state index contributed by atoms with van der Waals surface area (Å²) in [6.45, 7) is 0.420. The van der Waals surface area contributed by atoms with Crippen LogP contribution in [-0.4, -0.2) is 35.8 Å². The van der Waals surface area contributed by atoms with Crippen LogP contribution in [0.5, 0.6) is 0 Å². The summed E-state index contributed by atoms with van der Waals surface area (Å²) in [6, 6.07) is 20.5. The van der Waals surface area contributed by atoms with E-state index in [-0.39, 0.29) is 23.6 Å². The van der Waals surface area contributed by atoms with Gasteiger partial charge in [-0.1, -0.05) is 73.9 Å². The van der Waals surface area contributed by atoms with Gasteiger partial charge in [0.25, 0.3) is 0 Å². The van der Waals surface area contributed by atoms with Crippen LogP contribution in [-0.2, 0) is 34.4 Å². The molecular weight excluding hydrogens is 587 g/mol. The van der Waals surface area contributed by atoms with Crippen LogP contribution in [0.4, 0.5) is 13.2 Å². The molecule has 1 aromatic heterocycles. The third-order valence-corrected chi connectivity index (χ3v) is 7.67. The number of carbonyl (C=O) groups is 3. The zero-order valence-electron chi connectivity index (χ0n) is 25.0. The van der Waals surface area contributed by atoms with E-state index in [2.05, 4.69) is 10.6 Å². The zero-order chi connectivity index (χ0) is 33.0. The number of hydrogen-bond acceptors (Lipinski definition) is 5. The third kappa shape index (κ3) is 11.0. The largest absolute Gasteiger partial charge is 0.542 e. The van der Waals surface area contributed by atoms with Crippen molar-refractivity contribution < 1.29 is 37.2 Å². The van der Waals surface area contributed by atoms with Gasteiger partial charge in [-0.25, -0.2) is 4.57 Å². The Morgan fingerprint density at radius 1 is 0.933 bits per heavy atom. The number of benzene rings is 2. The standard InChI is InChI=1S/C31H37N5O2.C2HF3O2/c1-36-18-16-23(17-19-36)21-34-31(38)28(25-10-6-3-7-11-25)35-30(37)27(24-8-4-2-5-9-24)20-22-12-14-26(15-13-22)29(32)33;3-2(4,5)1(6)7/h2,4-5,8-9,12-19,25,27-28H,3,6-7,10-11,20-21H2,1H3,(H4-,32,33,34,35,37,38);(H,6,7)/t27?,28-;/m0./s1. The van der Waals surface area contributed by atoms with E-state index in [0.717, 1.165) is 42.4 Å². The summed E-state index contributed by atoms with van der Waals surface area (Å²) in [6.07, 6.45) is 4.37. The fourth-order valence-electron chi connectivity index (χ4n) is 5.17. The number of alkyl halides is 3. The smallest absolute Gasteiger partial charge is 0.430 e. The highest BCUT2D eigenvalue weighted by molar-refractivity contribution is 5.95. The Labute approximate surface area is 260 Å². The maximum Gasteiger partial charge on any atom is 0.430 e. The first-order valence-corrected chi connectivity index (χ1v) is 14.6. The number of carboxylic acid groups (broad SMARTS) is 1. The van der Waals surface area contributed by atoms with Gasteiger partial charge in [0.1, 0.15) is 24.9 Å². The number of halogens is 3. The van der Waals surface area contributed by atoms with Gasteiger partial charge in [0, 0.05) is 24.2 Å². The molecule has 1 fully saturated rings. The Balaban J connectivity index is 0.000000707. The number of amidine groups is 1. The minimum Gasteiger partial charge on any atom is -0.542 e. The van der Waals surface area contributed by atoms with Crippen LogP contribution in [0.2, 0.25) is 0 Å². The molecule has 0 spiro atoms. The average Bonchev–Trinajstić information content (AvgIpc) is 3.03. The van der Waals surface area contributed by atoms with Gasteiger partial charge < -0.3 is 26.3 Å². The minimum absolute atomic E-state index is 0.0135. The van der Waals surface area contributed by atoms with Gasteiger partial charge in [-0.2, -0.15) is 13.2 Å². The number of carboxylic acids is 1. The molecule has 240 valence electrons. The summed E-state index contributed by atoms with van der Waals surface area (Å²) < 4.78 is 33.5. The Morgan fingerprint density at radius 3 is 2.04 bits per heavy atom. The molecule has 3 aromatic rings. The summed E-state index contributed by atoms with van der Waals surface area (Å²) in [5.41, 5.74) is 9.14. The molecular formula is C33H38F3N5O4. The molecule has 1 heterocycles. The number of carbonyl (C=O) groups excluding carboxylic acids is 3. The molecule has 12 heteroatoms. The van der Waals surface area contributed by atoms with Crippen LogP contribution in [0, 0.1) is 11.3 Å². The zero-order valence-corrected chi connectivity index (χ0v) is 25.0. The van der Waals surface area contributed by atoms with Crippen molar-refractivity contribution in [1.29, 1.82) is 5.41 Å². The van der Waals surface area contributed by atoms with E-state index in [9.17, 15) is 22.8 Å². The molecule has 1 saturated carbocycles. The monoisotopic (exact) mass is 625 g/mol. The first-order chi connectivity index (χ1) is 21.3. The summed E-state index contributed by atoms with van der Waals surface area (Å²) in [5.74, 6) is -3.60. The number of aromatic nitrogens is 1. The summed E-state index contributed by atoms with van der Waals surface area (Å²) in [7, 11) is 1.96. The van der Waals surface area contributed by atoms with Crippen LogP contribution < -0.4 is 26.0 Å². The van der Waals surface area contributed by atoms with Crippen molar-refractivity contribution in [1.82, 2.24) is 10.6 Å². The van der Waals surface area contributed by atoms with Gasteiger partial charge in [0.2, 0.25) is 11.8 Å². The lowest BCUT2D eigenvalue weighted by Crippen LogP contribution is -2.52. The SMILES string of the molecule is C[n+]1ccc(CNC(=O)[C@@H](NC(=O)C(Cc2ccc(C(=N)N)cc2)c2ccccc2)C2CCCCC2)cc1.O=C([O-])C(F)(F)F. The second-order valence-electron chi connectivity index (χ2n) is 11.0. The molecule has 2 amide bonds. The Kier molecular flexibility index (Phi) is 12.6. The highest BCUT2D eigenvalue weighted by Gasteiger charge is 2.33. The van der Waals surface area contributed by atoms with Gasteiger partial charge in [0.05, 0.1) is 5.92 Å². The van der Waals surface area contributed by atoms with Gasteiger partial charge in [0.15, 0.2) is 12.4 Å². The quantitative estimate of drug-likeness (QED) is 0.155. The second-order valence-corrected chi connectivity index (χ2v) is 11.0. The fraction of sp³-hybridized carbons (Fsp3) is 0.364. The number of aryl methyl sites for hydroxylation is 1. The second kappa shape index (κ2) is 16.4. The molecule has 0 bridgehead atoms. The van der Waals surface area contributed by atoms with Crippen molar-refractivity contribution >= 4 is 23.6 Å². The average molecular weight is 626 g/mol. The third-order valence-electron chi connectivity index (χ3n) is 7.67. The van der Waals surface area contributed by atoms with Crippen molar-refractivity contribution in [3.8, 4) is 0 Å². The molecule has 0 aliphatic heterocycles. The van der Waals surface area contributed by atoms with E-state index in [4.69, 9.17) is 21.0 Å². The lowest BCUT2D eigenvalue weighted by atomic mass is 9.82. The maximum absolute atomic E-state index is 13.8. The van der Waals surface area contributed by atoms with Gasteiger partial charge >= 0.3 is 6.18 Å². The maximum atomic E-state index is 13.8. The van der Waals surface area contributed by atoms with Crippen LogP contribution in [0.3, 0.4) is 0 Å². The number of nitrogens with one attached hydrogen (secondary N) is 3. The number of nitrogens with zero attached hydrogens (tertiary/aromatic N) is 1. The van der Waals surface area contributed by atoms with Crippen molar-refractivity contribution in [2.75, 3.05) is 0 Å². The number of nitrogens with two attached hydrogens (primary N) is 1. The van der Waals surface area contributed by atoms with E-state index in [0.29, 0.717) is 18.5 Å². The van der Waals surface area contributed by atoms with Crippen molar-refractivity contribution in [3.05, 3.63) is 101 Å². The predicted molar refractivity (Wildman–Crippen MR) is 159 cm³/mol. The normalized spacial score (nSPS) is 14.7. The summed E-state index contributed by atoms with van der Waals surface area (Å²) in [5, 5.41) is 22.7. The molecule has 2 atom stereocenters. The number of rotatable bonds is 10. The molecule has 9 nitrogen and oxygen atoms in total. The molecule has 5 N–H and O–H groups in total. The topological polar surface area (TPSA) is 152 Å². The summed E-state index contributed by atoms with van der Waals surface area (Å²) >= 11 is 0. The molecule has 4 rings (SSSR count). The molecule has 0 saturated heterocycles. The van der Waals surface area contributed by atoms with E-state index in [1.165, 1.54) is 6.42 Å². The molecule has 45 heavy (non-hydrogen) atoms. The molecule has 0 radical (unpaired) electrons. The van der Waals surface area contributed by atoms with E-state index in [1.54, 1.807) is 12.1 Å². The molecule has 1 aliphatic rings. The molecule has 2 aromatic carbocycles.